The second-order valence-electron chi connectivity index (χ2n) is 5.74. The zero-order chi connectivity index (χ0) is 12.6. The fraction of sp³-hybridized carbons (Fsp3) is 0.923. The molecular formula is C13H29N3. The normalized spacial score (nSPS) is 14.9. The third-order valence-electron chi connectivity index (χ3n) is 2.62. The Morgan fingerprint density at radius 2 is 1.94 bits per heavy atom. The quantitative estimate of drug-likeness (QED) is 0.416. The fourth-order valence-electron chi connectivity index (χ4n) is 1.37. The van der Waals surface area contributed by atoms with Gasteiger partial charge in [-0.3, -0.25) is 4.99 Å². The van der Waals surface area contributed by atoms with Gasteiger partial charge in [0.2, 0.25) is 0 Å². The number of nitrogens with zero attached hydrogens (tertiary/aromatic N) is 1. The first-order valence-corrected chi connectivity index (χ1v) is 6.41. The van der Waals surface area contributed by atoms with E-state index in [1.165, 1.54) is 12.8 Å². The van der Waals surface area contributed by atoms with Gasteiger partial charge < -0.3 is 11.1 Å². The highest BCUT2D eigenvalue weighted by Crippen LogP contribution is 2.21. The van der Waals surface area contributed by atoms with Crippen LogP contribution in [0.3, 0.4) is 0 Å². The van der Waals surface area contributed by atoms with Gasteiger partial charge in [-0.2, -0.15) is 0 Å². The molecule has 0 fully saturated rings. The van der Waals surface area contributed by atoms with Crippen LogP contribution in [-0.4, -0.2) is 18.5 Å². The molecule has 3 heteroatoms. The van der Waals surface area contributed by atoms with Crippen LogP contribution in [0.15, 0.2) is 4.99 Å². The first kappa shape index (κ1) is 15.3. The topological polar surface area (TPSA) is 50.4 Å². The first-order valence-electron chi connectivity index (χ1n) is 6.41. The van der Waals surface area contributed by atoms with Crippen molar-refractivity contribution in [2.24, 2.45) is 16.1 Å². The Hall–Kier alpha value is -0.730. The second kappa shape index (κ2) is 7.53. The largest absolute Gasteiger partial charge is 0.370 e. The number of unbranched alkanes of at least 4 members (excludes halogenated alkanes) is 1. The van der Waals surface area contributed by atoms with Crippen molar-refractivity contribution in [3.8, 4) is 0 Å². The number of aliphatic imine (C=N–C) groups is 1. The van der Waals surface area contributed by atoms with E-state index < -0.39 is 0 Å². The van der Waals surface area contributed by atoms with E-state index in [-0.39, 0.29) is 0 Å². The molecule has 0 aromatic rings. The molecule has 0 heterocycles. The molecule has 0 saturated carbocycles. The number of nitrogens with two attached hydrogens (primary N) is 1. The van der Waals surface area contributed by atoms with Gasteiger partial charge >= 0.3 is 0 Å². The summed E-state index contributed by atoms with van der Waals surface area (Å²) >= 11 is 0. The van der Waals surface area contributed by atoms with Gasteiger partial charge in [0.1, 0.15) is 0 Å². The van der Waals surface area contributed by atoms with Gasteiger partial charge in [-0.1, -0.05) is 34.1 Å². The molecule has 3 N–H and O–H groups in total. The Kier molecular flexibility index (Phi) is 7.18. The van der Waals surface area contributed by atoms with Crippen LogP contribution >= 0.6 is 0 Å². The van der Waals surface area contributed by atoms with Crippen molar-refractivity contribution in [3.05, 3.63) is 0 Å². The summed E-state index contributed by atoms with van der Waals surface area (Å²) in [5, 5.41) is 3.16. The monoisotopic (exact) mass is 227 g/mol. The van der Waals surface area contributed by atoms with Crippen molar-refractivity contribution < 1.29 is 0 Å². The minimum Gasteiger partial charge on any atom is -0.370 e. The highest BCUT2D eigenvalue weighted by Gasteiger charge is 2.08. The SMILES string of the molecule is CCC(C)NC(N)=NCCCCC(C)(C)C. The van der Waals surface area contributed by atoms with E-state index in [0.717, 1.165) is 19.4 Å². The maximum atomic E-state index is 5.76. The van der Waals surface area contributed by atoms with Gasteiger partial charge in [0, 0.05) is 12.6 Å². The lowest BCUT2D eigenvalue weighted by molar-refractivity contribution is 0.361. The number of nitrogens with one attached hydrogen (secondary N) is 1. The Bertz CT molecular complexity index is 204. The number of rotatable bonds is 6. The molecule has 0 spiro atoms. The van der Waals surface area contributed by atoms with E-state index >= 15 is 0 Å². The van der Waals surface area contributed by atoms with Crippen LogP contribution in [0.1, 0.15) is 60.3 Å². The van der Waals surface area contributed by atoms with Crippen molar-refractivity contribution in [1.82, 2.24) is 5.32 Å². The maximum absolute atomic E-state index is 5.76. The van der Waals surface area contributed by atoms with Crippen LogP contribution in [0.2, 0.25) is 0 Å². The van der Waals surface area contributed by atoms with Gasteiger partial charge in [0.05, 0.1) is 0 Å². The third kappa shape index (κ3) is 9.81. The molecule has 0 amide bonds. The Morgan fingerprint density at radius 1 is 1.31 bits per heavy atom. The van der Waals surface area contributed by atoms with Gasteiger partial charge in [-0.15, -0.1) is 0 Å². The van der Waals surface area contributed by atoms with Crippen molar-refractivity contribution in [2.75, 3.05) is 6.54 Å². The Labute approximate surface area is 101 Å². The summed E-state index contributed by atoms with van der Waals surface area (Å²) in [5.74, 6) is 0.588. The number of hydrogen-bond acceptors (Lipinski definition) is 1. The van der Waals surface area contributed by atoms with Crippen LogP contribution in [0.4, 0.5) is 0 Å². The molecule has 0 aliphatic heterocycles. The summed E-state index contributed by atoms with van der Waals surface area (Å²) in [4.78, 5) is 4.31. The molecule has 96 valence electrons. The van der Waals surface area contributed by atoms with E-state index in [0.29, 0.717) is 17.4 Å². The summed E-state index contributed by atoms with van der Waals surface area (Å²) in [6.45, 7) is 11.9. The molecule has 0 aliphatic rings. The average molecular weight is 227 g/mol. The molecule has 0 rings (SSSR count). The standard InChI is InChI=1S/C13H29N3/c1-6-11(2)16-12(14)15-10-8-7-9-13(3,4)5/h11H,6-10H2,1-5H3,(H3,14,15,16). The lowest BCUT2D eigenvalue weighted by Crippen LogP contribution is -2.38. The molecule has 1 atom stereocenters. The van der Waals surface area contributed by atoms with E-state index in [1.807, 2.05) is 0 Å². The van der Waals surface area contributed by atoms with E-state index in [9.17, 15) is 0 Å². The molecule has 0 aromatic carbocycles. The molecule has 16 heavy (non-hydrogen) atoms. The number of guanidine groups is 1. The molecule has 3 nitrogen and oxygen atoms in total. The van der Waals surface area contributed by atoms with E-state index in [4.69, 9.17) is 5.73 Å². The Morgan fingerprint density at radius 3 is 2.44 bits per heavy atom. The lowest BCUT2D eigenvalue weighted by atomic mass is 9.90. The second-order valence-corrected chi connectivity index (χ2v) is 5.74. The maximum Gasteiger partial charge on any atom is 0.188 e. The average Bonchev–Trinajstić information content (AvgIpc) is 2.15. The zero-order valence-corrected chi connectivity index (χ0v) is 11.6. The van der Waals surface area contributed by atoms with Crippen LogP contribution in [0, 0.1) is 5.41 Å². The Balaban J connectivity index is 3.59. The smallest absolute Gasteiger partial charge is 0.188 e. The first-order chi connectivity index (χ1) is 7.35. The van der Waals surface area contributed by atoms with Crippen molar-refractivity contribution >= 4 is 5.96 Å². The minimum atomic E-state index is 0.415. The molecule has 0 aliphatic carbocycles. The fourth-order valence-corrected chi connectivity index (χ4v) is 1.37. The van der Waals surface area contributed by atoms with Crippen molar-refractivity contribution in [3.63, 3.8) is 0 Å². The molecule has 1 unspecified atom stereocenters. The third-order valence-corrected chi connectivity index (χ3v) is 2.62. The summed E-state index contributed by atoms with van der Waals surface area (Å²) in [6, 6.07) is 0.415. The van der Waals surface area contributed by atoms with E-state index in [2.05, 4.69) is 44.9 Å². The molecule has 0 radical (unpaired) electrons. The van der Waals surface area contributed by atoms with Crippen LogP contribution < -0.4 is 11.1 Å². The summed E-state index contributed by atoms with van der Waals surface area (Å²) in [7, 11) is 0. The van der Waals surface area contributed by atoms with Crippen molar-refractivity contribution in [1.29, 1.82) is 0 Å². The molecule has 0 bridgehead atoms. The predicted molar refractivity (Wildman–Crippen MR) is 72.7 cm³/mol. The molecule has 0 saturated heterocycles. The van der Waals surface area contributed by atoms with Gasteiger partial charge in [0.15, 0.2) is 5.96 Å². The molecular weight excluding hydrogens is 198 g/mol. The molecule has 0 aromatic heterocycles. The lowest BCUT2D eigenvalue weighted by Gasteiger charge is -2.17. The minimum absolute atomic E-state index is 0.415. The summed E-state index contributed by atoms with van der Waals surface area (Å²) in [5.41, 5.74) is 6.19. The predicted octanol–water partition coefficient (Wildman–Crippen LogP) is 2.91. The van der Waals surface area contributed by atoms with Gasteiger partial charge in [-0.05, 0) is 31.6 Å². The van der Waals surface area contributed by atoms with Crippen LogP contribution in [0.25, 0.3) is 0 Å². The summed E-state index contributed by atoms with van der Waals surface area (Å²) < 4.78 is 0. The van der Waals surface area contributed by atoms with Crippen molar-refractivity contribution in [2.45, 2.75) is 66.3 Å². The van der Waals surface area contributed by atoms with Crippen LogP contribution in [0.5, 0.6) is 0 Å². The van der Waals surface area contributed by atoms with Crippen LogP contribution in [-0.2, 0) is 0 Å². The van der Waals surface area contributed by atoms with Gasteiger partial charge in [0.25, 0.3) is 0 Å². The van der Waals surface area contributed by atoms with E-state index in [1.54, 1.807) is 0 Å². The number of hydrogen-bond donors (Lipinski definition) is 2. The zero-order valence-electron chi connectivity index (χ0n) is 11.6. The summed E-state index contributed by atoms with van der Waals surface area (Å²) in [6.07, 6.45) is 4.67. The van der Waals surface area contributed by atoms with Gasteiger partial charge in [-0.25, -0.2) is 0 Å². The highest BCUT2D eigenvalue weighted by atomic mass is 15.1. The highest BCUT2D eigenvalue weighted by molar-refractivity contribution is 5.78.